The Hall–Kier alpha value is -1.69. The van der Waals surface area contributed by atoms with Crippen molar-refractivity contribution < 1.29 is 8.78 Å². The van der Waals surface area contributed by atoms with Crippen LogP contribution in [0.15, 0.2) is 23.2 Å². The first kappa shape index (κ1) is 13.7. The monoisotopic (exact) mass is 268 g/mol. The highest BCUT2D eigenvalue weighted by atomic mass is 19.1. The summed E-state index contributed by atoms with van der Waals surface area (Å²) in [6.07, 6.45) is 5.56. The Balaban J connectivity index is 2.07. The van der Waals surface area contributed by atoms with Crippen molar-refractivity contribution in [1.29, 1.82) is 0 Å². The third-order valence-electron chi connectivity index (χ3n) is 3.21. The van der Waals surface area contributed by atoms with Crippen molar-refractivity contribution in [2.75, 3.05) is 5.32 Å². The predicted molar refractivity (Wildman–Crippen MR) is 71.6 cm³/mol. The number of nitrogens with one attached hydrogen (secondary N) is 2. The molecule has 19 heavy (non-hydrogen) atoms. The topological polar surface area (TPSA) is 62.4 Å². The molecule has 0 heterocycles. The van der Waals surface area contributed by atoms with Gasteiger partial charge in [0, 0.05) is 6.07 Å². The van der Waals surface area contributed by atoms with E-state index in [4.69, 9.17) is 5.84 Å². The summed E-state index contributed by atoms with van der Waals surface area (Å²) in [4.78, 5) is 4.42. The lowest BCUT2D eigenvalue weighted by Gasteiger charge is -2.19. The molecule has 1 aliphatic carbocycles. The highest BCUT2D eigenvalue weighted by Crippen LogP contribution is 2.21. The van der Waals surface area contributed by atoms with E-state index in [1.807, 2.05) is 0 Å². The van der Waals surface area contributed by atoms with E-state index >= 15 is 0 Å². The van der Waals surface area contributed by atoms with Crippen LogP contribution in [0.25, 0.3) is 0 Å². The number of hydrogen-bond acceptors (Lipinski definition) is 2. The molecule has 0 aliphatic heterocycles. The first-order valence-electron chi connectivity index (χ1n) is 6.45. The summed E-state index contributed by atoms with van der Waals surface area (Å²) in [7, 11) is 0. The summed E-state index contributed by atoms with van der Waals surface area (Å²) in [5.41, 5.74) is 2.57. The maximum atomic E-state index is 13.5. The largest absolute Gasteiger partial charge is 0.323 e. The lowest BCUT2D eigenvalue weighted by molar-refractivity contribution is 0.442. The number of aliphatic imine (C=N–C) groups is 1. The van der Waals surface area contributed by atoms with Crippen LogP contribution in [0.2, 0.25) is 0 Å². The minimum atomic E-state index is -0.674. The van der Waals surface area contributed by atoms with Crippen LogP contribution in [-0.2, 0) is 0 Å². The third-order valence-corrected chi connectivity index (χ3v) is 3.21. The van der Waals surface area contributed by atoms with Crippen LogP contribution >= 0.6 is 0 Å². The standard InChI is InChI=1S/C13H18F2N4/c14-9-6-7-12(11(15)8-9)18-13(19-16)17-10-4-2-1-3-5-10/h6-8,10H,1-5,16H2,(H2,17,18,19). The molecule has 0 amide bonds. The Kier molecular flexibility index (Phi) is 4.68. The molecule has 1 fully saturated rings. The molecule has 1 aromatic carbocycles. The molecule has 0 aromatic heterocycles. The Morgan fingerprint density at radius 1 is 1.21 bits per heavy atom. The van der Waals surface area contributed by atoms with Crippen LogP contribution in [-0.4, -0.2) is 12.0 Å². The van der Waals surface area contributed by atoms with Crippen molar-refractivity contribution in [2.24, 2.45) is 10.8 Å². The molecule has 0 radical (unpaired) electrons. The number of rotatable bonds is 2. The number of guanidine groups is 1. The molecule has 2 rings (SSSR count). The molecule has 6 heteroatoms. The number of hydrazine groups is 1. The van der Waals surface area contributed by atoms with Gasteiger partial charge in [-0.15, -0.1) is 0 Å². The maximum absolute atomic E-state index is 13.5. The number of anilines is 1. The van der Waals surface area contributed by atoms with Crippen LogP contribution in [0.4, 0.5) is 14.5 Å². The summed E-state index contributed by atoms with van der Waals surface area (Å²) in [6, 6.07) is 3.52. The van der Waals surface area contributed by atoms with Crippen LogP contribution in [0.1, 0.15) is 32.1 Å². The number of nitrogens with two attached hydrogens (primary N) is 1. The number of benzene rings is 1. The number of hydrogen-bond donors (Lipinski definition) is 3. The molecular weight excluding hydrogens is 250 g/mol. The third kappa shape index (κ3) is 3.89. The second-order valence-electron chi connectivity index (χ2n) is 4.66. The van der Waals surface area contributed by atoms with E-state index in [9.17, 15) is 8.78 Å². The van der Waals surface area contributed by atoms with Gasteiger partial charge in [-0.3, -0.25) is 5.43 Å². The quantitative estimate of drug-likeness (QED) is 0.334. The van der Waals surface area contributed by atoms with Crippen molar-refractivity contribution in [3.8, 4) is 0 Å². The van der Waals surface area contributed by atoms with Gasteiger partial charge in [0.2, 0.25) is 5.96 Å². The fraction of sp³-hybridized carbons (Fsp3) is 0.462. The average Bonchev–Trinajstić information content (AvgIpc) is 2.42. The van der Waals surface area contributed by atoms with Gasteiger partial charge in [0.25, 0.3) is 0 Å². The second-order valence-corrected chi connectivity index (χ2v) is 4.66. The Bertz CT molecular complexity index is 456. The van der Waals surface area contributed by atoms with Crippen molar-refractivity contribution in [3.63, 3.8) is 0 Å². The summed E-state index contributed by atoms with van der Waals surface area (Å²) >= 11 is 0. The summed E-state index contributed by atoms with van der Waals surface area (Å²) < 4.78 is 26.3. The molecule has 0 bridgehead atoms. The smallest absolute Gasteiger partial charge is 0.210 e. The molecule has 0 saturated heterocycles. The first-order chi connectivity index (χ1) is 9.19. The van der Waals surface area contributed by atoms with Crippen molar-refractivity contribution in [2.45, 2.75) is 38.1 Å². The van der Waals surface area contributed by atoms with Crippen molar-refractivity contribution >= 4 is 11.6 Å². The van der Waals surface area contributed by atoms with E-state index < -0.39 is 11.6 Å². The van der Waals surface area contributed by atoms with Crippen LogP contribution in [0, 0.1) is 11.6 Å². The zero-order valence-electron chi connectivity index (χ0n) is 10.6. The SMILES string of the molecule is NNC(=NC1CCCCC1)Nc1ccc(F)cc1F. The van der Waals surface area contributed by atoms with Gasteiger partial charge in [-0.2, -0.15) is 0 Å². The molecular formula is C13H18F2N4. The zero-order valence-corrected chi connectivity index (χ0v) is 10.6. The van der Waals surface area contributed by atoms with Gasteiger partial charge in [-0.1, -0.05) is 19.3 Å². The highest BCUT2D eigenvalue weighted by Gasteiger charge is 2.13. The Labute approximate surface area is 111 Å². The van der Waals surface area contributed by atoms with Gasteiger partial charge in [-0.25, -0.2) is 19.6 Å². The first-order valence-corrected chi connectivity index (χ1v) is 6.45. The molecule has 104 valence electrons. The summed E-state index contributed by atoms with van der Waals surface area (Å²) in [5, 5.41) is 2.74. The molecule has 4 N–H and O–H groups in total. The molecule has 0 unspecified atom stereocenters. The predicted octanol–water partition coefficient (Wildman–Crippen LogP) is 2.53. The van der Waals surface area contributed by atoms with E-state index in [1.165, 1.54) is 18.6 Å². The van der Waals surface area contributed by atoms with Crippen LogP contribution in [0.5, 0.6) is 0 Å². The fourth-order valence-electron chi connectivity index (χ4n) is 2.22. The molecule has 0 spiro atoms. The number of nitrogens with zero attached hydrogens (tertiary/aromatic N) is 1. The Morgan fingerprint density at radius 2 is 1.95 bits per heavy atom. The van der Waals surface area contributed by atoms with E-state index in [0.717, 1.165) is 31.7 Å². The van der Waals surface area contributed by atoms with Gasteiger partial charge < -0.3 is 5.32 Å². The minimum absolute atomic E-state index is 0.147. The average molecular weight is 268 g/mol. The molecule has 4 nitrogen and oxygen atoms in total. The van der Waals surface area contributed by atoms with Gasteiger partial charge in [0.05, 0.1) is 11.7 Å². The van der Waals surface area contributed by atoms with Crippen molar-refractivity contribution in [1.82, 2.24) is 5.43 Å². The zero-order chi connectivity index (χ0) is 13.7. The van der Waals surface area contributed by atoms with Gasteiger partial charge >= 0.3 is 0 Å². The lowest BCUT2D eigenvalue weighted by Crippen LogP contribution is -2.37. The molecule has 1 aromatic rings. The van der Waals surface area contributed by atoms with Crippen molar-refractivity contribution in [3.05, 3.63) is 29.8 Å². The van der Waals surface area contributed by atoms with Crippen LogP contribution < -0.4 is 16.6 Å². The lowest BCUT2D eigenvalue weighted by atomic mass is 9.96. The van der Waals surface area contributed by atoms with Gasteiger partial charge in [0.1, 0.15) is 11.6 Å². The van der Waals surface area contributed by atoms with E-state index in [2.05, 4.69) is 15.7 Å². The van der Waals surface area contributed by atoms with E-state index in [0.29, 0.717) is 5.96 Å². The van der Waals surface area contributed by atoms with E-state index in [-0.39, 0.29) is 11.7 Å². The minimum Gasteiger partial charge on any atom is -0.323 e. The van der Waals surface area contributed by atoms with E-state index in [1.54, 1.807) is 0 Å². The van der Waals surface area contributed by atoms with Gasteiger partial charge in [-0.05, 0) is 25.0 Å². The summed E-state index contributed by atoms with van der Waals surface area (Å²) in [6.45, 7) is 0. The molecule has 1 saturated carbocycles. The van der Waals surface area contributed by atoms with Crippen LogP contribution in [0.3, 0.4) is 0 Å². The van der Waals surface area contributed by atoms with Gasteiger partial charge in [0.15, 0.2) is 0 Å². The maximum Gasteiger partial charge on any atom is 0.210 e. The second kappa shape index (κ2) is 6.47. The Morgan fingerprint density at radius 3 is 2.58 bits per heavy atom. The highest BCUT2D eigenvalue weighted by molar-refractivity contribution is 5.93. The molecule has 0 atom stereocenters. The summed E-state index contributed by atoms with van der Waals surface area (Å²) in [5.74, 6) is 4.39. The number of halogens is 2. The fourth-order valence-corrected chi connectivity index (χ4v) is 2.22. The molecule has 1 aliphatic rings. The normalized spacial score (nSPS) is 17.3.